The molecule has 0 aromatic heterocycles. The molecule has 0 radical (unpaired) electrons. The zero-order valence-electron chi connectivity index (χ0n) is 17.2. The van der Waals surface area contributed by atoms with Crippen LogP contribution in [0.25, 0.3) is 0 Å². The van der Waals surface area contributed by atoms with Gasteiger partial charge in [0.1, 0.15) is 18.8 Å². The van der Waals surface area contributed by atoms with E-state index in [-0.39, 0.29) is 12.6 Å². The molecule has 28 heavy (non-hydrogen) atoms. The molecule has 0 bridgehead atoms. The monoisotopic (exact) mass is 388 g/mol. The van der Waals surface area contributed by atoms with Gasteiger partial charge in [-0.25, -0.2) is 9.59 Å². The minimum atomic E-state index is -0.534. The van der Waals surface area contributed by atoms with Gasteiger partial charge >= 0.3 is 17.9 Å². The van der Waals surface area contributed by atoms with E-state index in [1.54, 1.807) is 19.9 Å². The Hall–Kier alpha value is -2.63. The number of carbonyl (C=O) groups is 3. The van der Waals surface area contributed by atoms with Crippen LogP contribution in [-0.2, 0) is 28.6 Å². The van der Waals surface area contributed by atoms with E-state index in [0.717, 1.165) is 23.1 Å². The van der Waals surface area contributed by atoms with Crippen LogP contribution in [0.1, 0.15) is 53.9 Å². The second-order valence-electron chi connectivity index (χ2n) is 7.17. The van der Waals surface area contributed by atoms with E-state index in [4.69, 9.17) is 14.2 Å². The molecule has 0 saturated carbocycles. The number of rotatable bonds is 4. The highest BCUT2D eigenvalue weighted by Crippen LogP contribution is 2.32. The van der Waals surface area contributed by atoms with E-state index < -0.39 is 24.1 Å². The lowest BCUT2D eigenvalue weighted by molar-refractivity contribution is -0.144. The van der Waals surface area contributed by atoms with Crippen molar-refractivity contribution in [1.82, 2.24) is 0 Å². The summed E-state index contributed by atoms with van der Waals surface area (Å²) in [6.45, 7) is 8.59. The first-order chi connectivity index (χ1) is 13.2. The van der Waals surface area contributed by atoms with Gasteiger partial charge in [-0.3, -0.25) is 4.79 Å². The van der Waals surface area contributed by atoms with Crippen molar-refractivity contribution >= 4 is 17.9 Å². The molecule has 0 saturated heterocycles. The maximum Gasteiger partial charge on any atom is 0.338 e. The third-order valence-corrected chi connectivity index (χ3v) is 5.03. The van der Waals surface area contributed by atoms with Crippen molar-refractivity contribution in [3.05, 3.63) is 46.1 Å². The molecule has 2 atom stereocenters. The maximum absolute atomic E-state index is 12.3. The highest BCUT2D eigenvalue weighted by Gasteiger charge is 2.34. The second kappa shape index (κ2) is 9.53. The lowest BCUT2D eigenvalue weighted by Gasteiger charge is -2.21. The van der Waals surface area contributed by atoms with Crippen LogP contribution in [0.5, 0.6) is 0 Å². The number of esters is 3. The van der Waals surface area contributed by atoms with Crippen molar-refractivity contribution in [2.75, 3.05) is 6.61 Å². The second-order valence-corrected chi connectivity index (χ2v) is 7.17. The summed E-state index contributed by atoms with van der Waals surface area (Å²) in [5.41, 5.74) is 3.70. The Morgan fingerprint density at radius 1 is 1.25 bits per heavy atom. The number of hydrogen-bond acceptors (Lipinski definition) is 6. The third kappa shape index (κ3) is 5.44. The third-order valence-electron chi connectivity index (χ3n) is 5.03. The zero-order valence-corrected chi connectivity index (χ0v) is 17.2. The molecule has 1 aliphatic carbocycles. The number of carbonyl (C=O) groups excluding carboxylic acids is 3. The average molecular weight is 388 g/mol. The van der Waals surface area contributed by atoms with Gasteiger partial charge in [0.2, 0.25) is 0 Å². The van der Waals surface area contributed by atoms with Gasteiger partial charge in [0.25, 0.3) is 0 Å². The maximum atomic E-state index is 12.3. The van der Waals surface area contributed by atoms with Crippen LogP contribution in [0.15, 0.2) is 46.1 Å². The van der Waals surface area contributed by atoms with Crippen LogP contribution in [0, 0.1) is 0 Å². The van der Waals surface area contributed by atoms with Gasteiger partial charge in [-0.2, -0.15) is 0 Å². The van der Waals surface area contributed by atoms with Crippen molar-refractivity contribution in [2.24, 2.45) is 0 Å². The summed E-state index contributed by atoms with van der Waals surface area (Å²) in [6.07, 6.45) is 6.58. The molecule has 1 aliphatic heterocycles. The van der Waals surface area contributed by atoms with Crippen LogP contribution in [0.2, 0.25) is 0 Å². The van der Waals surface area contributed by atoms with Crippen LogP contribution < -0.4 is 0 Å². The van der Waals surface area contributed by atoms with Crippen LogP contribution in [0.4, 0.5) is 0 Å². The Kier molecular flexibility index (Phi) is 7.38. The van der Waals surface area contributed by atoms with Gasteiger partial charge in [-0.1, -0.05) is 17.7 Å². The molecule has 2 rings (SSSR count). The lowest BCUT2D eigenvalue weighted by atomic mass is 9.93. The fraction of sp³-hybridized carbons (Fsp3) is 0.500. The molecule has 6 heteroatoms. The summed E-state index contributed by atoms with van der Waals surface area (Å²) in [5, 5.41) is 0. The highest BCUT2D eigenvalue weighted by molar-refractivity contribution is 5.93. The Morgan fingerprint density at radius 2 is 1.96 bits per heavy atom. The molecule has 0 spiro atoms. The Morgan fingerprint density at radius 3 is 2.61 bits per heavy atom. The molecule has 1 heterocycles. The van der Waals surface area contributed by atoms with E-state index in [1.165, 1.54) is 6.92 Å². The minimum Gasteiger partial charge on any atom is -0.461 e. The first kappa shape index (κ1) is 21.7. The van der Waals surface area contributed by atoms with Crippen LogP contribution >= 0.6 is 0 Å². The van der Waals surface area contributed by atoms with E-state index >= 15 is 0 Å². The predicted molar refractivity (Wildman–Crippen MR) is 104 cm³/mol. The van der Waals surface area contributed by atoms with E-state index in [1.807, 2.05) is 19.9 Å². The van der Waals surface area contributed by atoms with Gasteiger partial charge in [0, 0.05) is 18.9 Å². The summed E-state index contributed by atoms with van der Waals surface area (Å²) in [6, 6.07) is 0. The van der Waals surface area contributed by atoms with Crippen molar-refractivity contribution < 1.29 is 28.6 Å². The van der Waals surface area contributed by atoms with Crippen molar-refractivity contribution in [1.29, 1.82) is 0 Å². The largest absolute Gasteiger partial charge is 0.461 e. The quantitative estimate of drug-likeness (QED) is 0.316. The SMILES string of the molecule is C/C=C(\C)C(=O)O[C@H]1C/C=C(\C)CCC2=C(COC(C)=O)C(=O)O[C@@H]2/C=C/1C. The van der Waals surface area contributed by atoms with Crippen LogP contribution in [0.3, 0.4) is 0 Å². The number of allylic oxidation sites excluding steroid dienone is 2. The Bertz CT molecular complexity index is 781. The molecule has 152 valence electrons. The molecule has 0 amide bonds. The van der Waals surface area contributed by atoms with E-state index in [0.29, 0.717) is 24.0 Å². The van der Waals surface area contributed by atoms with Gasteiger partial charge in [-0.05, 0) is 57.8 Å². The predicted octanol–water partition coefficient (Wildman–Crippen LogP) is 3.73. The molecular weight excluding hydrogens is 360 g/mol. The Balaban J connectivity index is 2.35. The van der Waals surface area contributed by atoms with Crippen LogP contribution in [-0.4, -0.2) is 36.7 Å². The smallest absolute Gasteiger partial charge is 0.338 e. The van der Waals surface area contributed by atoms with E-state index in [9.17, 15) is 14.4 Å². The van der Waals surface area contributed by atoms with Crippen molar-refractivity contribution in [3.63, 3.8) is 0 Å². The topological polar surface area (TPSA) is 78.9 Å². The standard InChI is InChI=1S/C22H28O6/c1-6-14(3)21(24)27-19-10-8-13(2)7-9-17-18(12-26-16(5)23)22(25)28-20(17)11-15(19)4/h6,8,11,19-20H,7,9-10,12H2,1-5H3/b13-8+,14-6+,15-11+/t19-,20+/m0/s1. The first-order valence-corrected chi connectivity index (χ1v) is 9.47. The van der Waals surface area contributed by atoms with Gasteiger partial charge in [0.15, 0.2) is 0 Å². The summed E-state index contributed by atoms with van der Waals surface area (Å²) in [7, 11) is 0. The van der Waals surface area contributed by atoms with Gasteiger partial charge < -0.3 is 14.2 Å². The fourth-order valence-electron chi connectivity index (χ4n) is 3.07. The molecule has 0 aromatic carbocycles. The Labute approximate surface area is 165 Å². The minimum absolute atomic E-state index is 0.0887. The first-order valence-electron chi connectivity index (χ1n) is 9.47. The molecule has 0 fully saturated rings. The number of hydrogen-bond donors (Lipinski definition) is 0. The molecule has 0 unspecified atom stereocenters. The van der Waals surface area contributed by atoms with Gasteiger partial charge in [-0.15, -0.1) is 0 Å². The summed E-state index contributed by atoms with van der Waals surface area (Å²) in [4.78, 5) is 35.7. The zero-order chi connectivity index (χ0) is 20.8. The normalized spacial score (nSPS) is 27.0. The molecule has 0 N–H and O–H groups in total. The van der Waals surface area contributed by atoms with Crippen molar-refractivity contribution in [2.45, 2.75) is 66.1 Å². The molecular formula is C22H28O6. The summed E-state index contributed by atoms with van der Waals surface area (Å²) >= 11 is 0. The molecule has 0 aromatic rings. The van der Waals surface area contributed by atoms with Gasteiger partial charge in [0.05, 0.1) is 5.57 Å². The number of fused-ring (bicyclic) bond motifs is 1. The summed E-state index contributed by atoms with van der Waals surface area (Å²) < 4.78 is 16.2. The average Bonchev–Trinajstić information content (AvgIpc) is 2.94. The summed E-state index contributed by atoms with van der Waals surface area (Å²) in [5.74, 6) is -1.28. The number of ether oxygens (including phenoxy) is 3. The van der Waals surface area contributed by atoms with E-state index in [2.05, 4.69) is 6.08 Å². The molecule has 2 aliphatic rings. The molecule has 6 nitrogen and oxygen atoms in total. The fourth-order valence-corrected chi connectivity index (χ4v) is 3.07. The highest BCUT2D eigenvalue weighted by atomic mass is 16.6. The lowest BCUT2D eigenvalue weighted by Crippen LogP contribution is -2.22. The van der Waals surface area contributed by atoms with Crippen molar-refractivity contribution in [3.8, 4) is 0 Å².